The fourth-order valence-corrected chi connectivity index (χ4v) is 2.07. The summed E-state index contributed by atoms with van der Waals surface area (Å²) in [7, 11) is 0. The van der Waals surface area contributed by atoms with E-state index < -0.39 is 0 Å². The molecule has 96 valence electrons. The minimum Gasteiger partial charge on any atom is -0.296 e. The molecule has 0 aliphatic rings. The largest absolute Gasteiger partial charge is 0.323 e. The van der Waals surface area contributed by atoms with Gasteiger partial charge in [-0.2, -0.15) is 4.37 Å². The van der Waals surface area contributed by atoms with Crippen molar-refractivity contribution < 1.29 is 0 Å². The summed E-state index contributed by atoms with van der Waals surface area (Å²) in [5, 5.41) is 0. The Morgan fingerprint density at radius 2 is 2.28 bits per heavy atom. The summed E-state index contributed by atoms with van der Waals surface area (Å²) in [6.07, 6.45) is 8.35. The van der Waals surface area contributed by atoms with Crippen molar-refractivity contribution in [2.75, 3.05) is 0 Å². The topological polar surface area (TPSA) is 45.8 Å². The molecule has 1 atom stereocenters. The summed E-state index contributed by atoms with van der Waals surface area (Å²) in [5.41, 5.74) is 1.98. The second kappa shape index (κ2) is 6.91. The zero-order chi connectivity index (χ0) is 13.5. The van der Waals surface area contributed by atoms with E-state index in [2.05, 4.69) is 36.4 Å². The monoisotopic (exact) mass is 262 g/mol. The number of nitrogens with one attached hydrogen (secondary N) is 1. The molecule has 1 aromatic heterocycles. The van der Waals surface area contributed by atoms with Gasteiger partial charge in [-0.05, 0) is 17.9 Å². The van der Waals surface area contributed by atoms with E-state index in [9.17, 15) is 4.79 Å². The smallest absolute Gasteiger partial charge is 0.296 e. The van der Waals surface area contributed by atoms with Crippen molar-refractivity contribution in [1.29, 1.82) is 0 Å². The summed E-state index contributed by atoms with van der Waals surface area (Å²) >= 11 is 0.921. The minimum atomic E-state index is -0.152. The van der Waals surface area contributed by atoms with Crippen LogP contribution in [0.3, 0.4) is 0 Å². The number of allylic oxidation sites excluding steroid dienone is 6. The number of hydrogen-bond donors (Lipinski definition) is 1. The van der Waals surface area contributed by atoms with Gasteiger partial charge in [0.25, 0.3) is 0 Å². The van der Waals surface area contributed by atoms with Gasteiger partial charge >= 0.3 is 4.87 Å². The standard InChI is InChI=1S/C14H18N2OS/c1-5-8-9-12(10(4)6-2)11(7-3)13-15-14(17)18-16-13/h5,7-10H,1,3,6H2,2,4H3,(H,15,16,17)/b9-8-,12-11-. The molecule has 1 rings (SSSR count). The molecule has 3 nitrogen and oxygen atoms in total. The van der Waals surface area contributed by atoms with Crippen LogP contribution in [0.4, 0.5) is 0 Å². The first-order valence-corrected chi connectivity index (χ1v) is 6.63. The van der Waals surface area contributed by atoms with Crippen LogP contribution in [0.15, 0.2) is 47.8 Å². The molecule has 1 aromatic rings. The quantitative estimate of drug-likeness (QED) is 0.797. The van der Waals surface area contributed by atoms with E-state index in [1.807, 2.05) is 12.2 Å². The molecular formula is C14H18N2OS. The molecule has 0 amide bonds. The predicted molar refractivity (Wildman–Crippen MR) is 78.6 cm³/mol. The van der Waals surface area contributed by atoms with Gasteiger partial charge in [-0.15, -0.1) is 0 Å². The number of aromatic nitrogens is 2. The van der Waals surface area contributed by atoms with E-state index in [-0.39, 0.29) is 4.87 Å². The Morgan fingerprint density at radius 1 is 1.56 bits per heavy atom. The van der Waals surface area contributed by atoms with Gasteiger partial charge < -0.3 is 0 Å². The van der Waals surface area contributed by atoms with Gasteiger partial charge in [0.05, 0.1) is 0 Å². The van der Waals surface area contributed by atoms with Crippen molar-refractivity contribution in [3.63, 3.8) is 0 Å². The van der Waals surface area contributed by atoms with Gasteiger partial charge in [0, 0.05) is 17.1 Å². The minimum absolute atomic E-state index is 0.152. The van der Waals surface area contributed by atoms with E-state index in [0.29, 0.717) is 11.7 Å². The average molecular weight is 262 g/mol. The third-order valence-corrected chi connectivity index (χ3v) is 3.31. The Bertz CT molecular complexity index is 534. The Balaban J connectivity index is 3.36. The maximum Gasteiger partial charge on any atom is 0.323 e. The Labute approximate surface area is 111 Å². The molecule has 0 radical (unpaired) electrons. The molecule has 4 heteroatoms. The summed E-state index contributed by atoms with van der Waals surface area (Å²) in [5.74, 6) is 0.948. The zero-order valence-electron chi connectivity index (χ0n) is 10.8. The molecule has 0 aromatic carbocycles. The van der Waals surface area contributed by atoms with Crippen molar-refractivity contribution >= 4 is 17.1 Å². The van der Waals surface area contributed by atoms with E-state index in [1.165, 1.54) is 0 Å². The molecule has 0 aliphatic carbocycles. The highest BCUT2D eigenvalue weighted by Crippen LogP contribution is 2.25. The number of H-pyrrole nitrogens is 1. The van der Waals surface area contributed by atoms with Gasteiger partial charge in [0.1, 0.15) is 0 Å². The van der Waals surface area contributed by atoms with Crippen LogP contribution in [0.2, 0.25) is 0 Å². The lowest BCUT2D eigenvalue weighted by Crippen LogP contribution is -2.02. The third kappa shape index (κ3) is 3.40. The molecule has 0 saturated heterocycles. The van der Waals surface area contributed by atoms with Crippen molar-refractivity contribution in [3.8, 4) is 0 Å². The molecule has 18 heavy (non-hydrogen) atoms. The highest BCUT2D eigenvalue weighted by molar-refractivity contribution is 7.02. The van der Waals surface area contributed by atoms with Crippen LogP contribution in [-0.4, -0.2) is 9.36 Å². The van der Waals surface area contributed by atoms with E-state index in [4.69, 9.17) is 0 Å². The maximum atomic E-state index is 11.2. The van der Waals surface area contributed by atoms with Crippen LogP contribution in [-0.2, 0) is 0 Å². The summed E-state index contributed by atoms with van der Waals surface area (Å²) < 4.78 is 4.12. The molecule has 0 saturated carbocycles. The van der Waals surface area contributed by atoms with Crippen LogP contribution < -0.4 is 4.87 Å². The summed E-state index contributed by atoms with van der Waals surface area (Å²) in [6.45, 7) is 11.7. The van der Waals surface area contributed by atoms with Crippen LogP contribution in [0.1, 0.15) is 26.1 Å². The number of nitrogens with zero attached hydrogens (tertiary/aromatic N) is 1. The van der Waals surface area contributed by atoms with Gasteiger partial charge in [0.2, 0.25) is 0 Å². The first-order chi connectivity index (χ1) is 8.63. The summed E-state index contributed by atoms with van der Waals surface area (Å²) in [6, 6.07) is 0. The van der Waals surface area contributed by atoms with Crippen LogP contribution in [0, 0.1) is 5.92 Å². The van der Waals surface area contributed by atoms with Crippen molar-refractivity contribution in [2.24, 2.45) is 5.92 Å². The highest BCUT2D eigenvalue weighted by atomic mass is 32.1. The molecule has 0 aliphatic heterocycles. The van der Waals surface area contributed by atoms with Gasteiger partial charge in [0.15, 0.2) is 5.82 Å². The fraction of sp³-hybridized carbons (Fsp3) is 0.286. The predicted octanol–water partition coefficient (Wildman–Crippen LogP) is 3.56. The Kier molecular flexibility index (Phi) is 5.52. The second-order valence-corrected chi connectivity index (χ2v) is 4.66. The molecule has 0 fully saturated rings. The molecule has 0 bridgehead atoms. The van der Waals surface area contributed by atoms with Crippen molar-refractivity contribution in [2.45, 2.75) is 20.3 Å². The lowest BCUT2D eigenvalue weighted by molar-refractivity contribution is 0.672. The third-order valence-electron chi connectivity index (χ3n) is 2.77. The first kappa shape index (κ1) is 14.4. The Morgan fingerprint density at radius 3 is 2.72 bits per heavy atom. The molecular weight excluding hydrogens is 244 g/mol. The maximum absolute atomic E-state index is 11.2. The van der Waals surface area contributed by atoms with Gasteiger partial charge in [-0.25, -0.2) is 0 Å². The fourth-order valence-electron chi connectivity index (χ4n) is 1.61. The molecule has 1 unspecified atom stereocenters. The van der Waals surface area contributed by atoms with E-state index >= 15 is 0 Å². The second-order valence-electron chi connectivity index (χ2n) is 3.92. The number of rotatable bonds is 6. The Hall–Kier alpha value is -1.68. The number of aromatic amines is 1. The average Bonchev–Trinajstić information content (AvgIpc) is 2.80. The lowest BCUT2D eigenvalue weighted by atomic mass is 9.92. The first-order valence-electron chi connectivity index (χ1n) is 5.86. The van der Waals surface area contributed by atoms with E-state index in [0.717, 1.165) is 29.1 Å². The zero-order valence-corrected chi connectivity index (χ0v) is 11.6. The molecule has 1 N–H and O–H groups in total. The summed E-state index contributed by atoms with van der Waals surface area (Å²) in [4.78, 5) is 13.8. The lowest BCUT2D eigenvalue weighted by Gasteiger charge is -2.13. The molecule has 1 heterocycles. The van der Waals surface area contributed by atoms with Crippen molar-refractivity contribution in [3.05, 3.63) is 58.5 Å². The SMILES string of the molecule is C=C/C=C\C(=C(/C=C)c1nsc(=O)[nH]1)C(C)CC. The van der Waals surface area contributed by atoms with Gasteiger partial charge in [-0.1, -0.05) is 51.3 Å². The normalized spacial score (nSPS) is 14.3. The van der Waals surface area contributed by atoms with Gasteiger partial charge in [-0.3, -0.25) is 9.78 Å². The van der Waals surface area contributed by atoms with Crippen molar-refractivity contribution in [1.82, 2.24) is 9.36 Å². The van der Waals surface area contributed by atoms with Crippen LogP contribution in [0.5, 0.6) is 0 Å². The van der Waals surface area contributed by atoms with Crippen LogP contribution in [0.25, 0.3) is 5.57 Å². The van der Waals surface area contributed by atoms with Crippen LogP contribution >= 0.6 is 11.5 Å². The number of hydrogen-bond acceptors (Lipinski definition) is 3. The highest BCUT2D eigenvalue weighted by Gasteiger charge is 2.12. The van der Waals surface area contributed by atoms with E-state index in [1.54, 1.807) is 12.2 Å². The molecule has 0 spiro atoms.